The fourth-order valence-corrected chi connectivity index (χ4v) is 4.86. The Balaban J connectivity index is 1.56. The van der Waals surface area contributed by atoms with Gasteiger partial charge in [0.05, 0.1) is 18.3 Å². The van der Waals surface area contributed by atoms with Crippen molar-refractivity contribution >= 4 is 22.2 Å². The molecule has 0 bridgehead atoms. The zero-order valence-corrected chi connectivity index (χ0v) is 17.8. The molecule has 0 aliphatic heterocycles. The molecule has 1 aliphatic carbocycles. The number of aromatic amines is 1. The summed E-state index contributed by atoms with van der Waals surface area (Å²) in [6, 6.07) is 8.12. The number of hydrogen-bond acceptors (Lipinski definition) is 5. The quantitative estimate of drug-likeness (QED) is 0.431. The van der Waals surface area contributed by atoms with Crippen LogP contribution < -0.4 is 15.8 Å². The first-order valence-corrected chi connectivity index (χ1v) is 10.8. The van der Waals surface area contributed by atoms with Gasteiger partial charge < -0.3 is 20.8 Å². The van der Waals surface area contributed by atoms with Crippen LogP contribution in [-0.2, 0) is 0 Å². The average molecular weight is 417 g/mol. The molecule has 31 heavy (non-hydrogen) atoms. The number of nitrogens with one attached hydrogen (secondary N) is 2. The maximum absolute atomic E-state index is 6.34. The highest BCUT2D eigenvalue weighted by Gasteiger charge is 2.27. The summed E-state index contributed by atoms with van der Waals surface area (Å²) < 4.78 is 7.65. The van der Waals surface area contributed by atoms with Crippen LogP contribution in [0.2, 0.25) is 0 Å². The number of anilines is 1. The lowest BCUT2D eigenvalue weighted by Gasteiger charge is -2.27. The van der Waals surface area contributed by atoms with E-state index in [1.54, 1.807) is 19.5 Å². The predicted molar refractivity (Wildman–Crippen MR) is 124 cm³/mol. The molecule has 4 N–H and O–H groups in total. The van der Waals surface area contributed by atoms with E-state index < -0.39 is 0 Å². The van der Waals surface area contributed by atoms with Crippen LogP contribution >= 0.6 is 0 Å². The number of nitrogens with two attached hydrogens (primary N) is 1. The van der Waals surface area contributed by atoms with E-state index in [4.69, 9.17) is 15.5 Å². The smallest absolute Gasteiger partial charge is 0.150 e. The molecule has 160 valence electrons. The number of imidazole rings is 1. The summed E-state index contributed by atoms with van der Waals surface area (Å²) >= 11 is 0. The van der Waals surface area contributed by atoms with Crippen LogP contribution in [-0.4, -0.2) is 33.0 Å². The number of nitrogen functional groups attached to an aromatic ring is 1. The molecular weight excluding hydrogens is 388 g/mol. The third kappa shape index (κ3) is 3.40. The summed E-state index contributed by atoms with van der Waals surface area (Å²) in [5.74, 6) is 3.46. The van der Waals surface area contributed by atoms with E-state index in [0.29, 0.717) is 17.7 Å². The number of aromatic nitrogens is 4. The maximum Gasteiger partial charge on any atom is 0.150 e. The number of nitrogens with zero attached hydrogens (tertiary/aromatic N) is 3. The number of rotatable bonds is 6. The summed E-state index contributed by atoms with van der Waals surface area (Å²) in [6.07, 6.45) is 10.1. The van der Waals surface area contributed by atoms with Crippen molar-refractivity contribution in [2.45, 2.75) is 31.6 Å². The zero-order valence-electron chi connectivity index (χ0n) is 17.8. The minimum Gasteiger partial charge on any atom is -0.495 e. The molecule has 3 heterocycles. The summed E-state index contributed by atoms with van der Waals surface area (Å²) in [6.45, 7) is 4.75. The average Bonchev–Trinajstić information content (AvgIpc) is 3.40. The minimum atomic E-state index is 0.405. The van der Waals surface area contributed by atoms with Gasteiger partial charge in [-0.3, -0.25) is 4.40 Å². The molecule has 0 radical (unpaired) electrons. The first-order chi connectivity index (χ1) is 15.2. The van der Waals surface area contributed by atoms with Crippen LogP contribution in [0.4, 0.5) is 5.82 Å². The van der Waals surface area contributed by atoms with E-state index in [9.17, 15) is 0 Å². The number of methoxy groups -OCH3 is 1. The fraction of sp³-hybridized carbons (Fsp3) is 0.333. The van der Waals surface area contributed by atoms with Crippen molar-refractivity contribution in [2.24, 2.45) is 5.92 Å². The van der Waals surface area contributed by atoms with E-state index in [1.165, 1.54) is 12.8 Å². The second-order valence-electron chi connectivity index (χ2n) is 8.29. The fourth-order valence-electron chi connectivity index (χ4n) is 4.86. The summed E-state index contributed by atoms with van der Waals surface area (Å²) in [5.41, 5.74) is 9.92. The molecule has 7 nitrogen and oxygen atoms in total. The van der Waals surface area contributed by atoms with E-state index in [-0.39, 0.29) is 0 Å². The van der Waals surface area contributed by atoms with Gasteiger partial charge in [-0.25, -0.2) is 9.97 Å². The topological polar surface area (TPSA) is 93.3 Å². The number of benzene rings is 1. The van der Waals surface area contributed by atoms with Gasteiger partial charge in [0, 0.05) is 30.2 Å². The Bertz CT molecular complexity index is 1230. The third-order valence-electron chi connectivity index (χ3n) is 6.47. The number of hydrogen-bond donors (Lipinski definition) is 3. The third-order valence-corrected chi connectivity index (χ3v) is 6.47. The maximum atomic E-state index is 6.34. The van der Waals surface area contributed by atoms with Crippen molar-refractivity contribution in [2.75, 3.05) is 19.4 Å². The summed E-state index contributed by atoms with van der Waals surface area (Å²) in [4.78, 5) is 13.0. The van der Waals surface area contributed by atoms with Crippen molar-refractivity contribution < 1.29 is 4.74 Å². The SMILES string of the molecule is C=CNCC1CCC(c2nc(-c3cc4cccc(OC)c4[nH]3)c3c(N)nccn23)CC1. The number of H-pyrrole nitrogens is 1. The summed E-state index contributed by atoms with van der Waals surface area (Å²) in [7, 11) is 1.68. The predicted octanol–water partition coefficient (Wildman–Crippen LogP) is 4.48. The second-order valence-corrected chi connectivity index (χ2v) is 8.29. The van der Waals surface area contributed by atoms with E-state index in [0.717, 1.165) is 58.8 Å². The van der Waals surface area contributed by atoms with Crippen LogP contribution in [0, 0.1) is 5.92 Å². The minimum absolute atomic E-state index is 0.405. The Kier molecular flexibility index (Phi) is 5.02. The summed E-state index contributed by atoms with van der Waals surface area (Å²) in [5, 5.41) is 4.34. The van der Waals surface area contributed by atoms with Gasteiger partial charge in [0.2, 0.25) is 0 Å². The van der Waals surface area contributed by atoms with Gasteiger partial charge in [0.25, 0.3) is 0 Å². The van der Waals surface area contributed by atoms with Crippen molar-refractivity contribution in [1.29, 1.82) is 0 Å². The molecule has 1 aromatic carbocycles. The van der Waals surface area contributed by atoms with E-state index >= 15 is 0 Å². The van der Waals surface area contributed by atoms with Crippen LogP contribution in [0.25, 0.3) is 27.8 Å². The van der Waals surface area contributed by atoms with Gasteiger partial charge in [-0.1, -0.05) is 18.7 Å². The van der Waals surface area contributed by atoms with Gasteiger partial charge in [-0.05, 0) is 49.9 Å². The Labute approximate surface area is 181 Å². The standard InChI is InChI=1S/C24H28N6O/c1-3-26-14-15-7-9-16(10-8-15)24-29-21(22-23(25)27-11-12-30(22)24)18-13-17-5-4-6-19(31-2)20(17)28-18/h3-6,11-13,15-16,26,28H,1,7-10,14H2,2H3,(H2,25,27). The molecule has 0 atom stereocenters. The molecule has 3 aromatic heterocycles. The van der Waals surface area contributed by atoms with Gasteiger partial charge in [-0.2, -0.15) is 0 Å². The molecular formula is C24H28N6O. The van der Waals surface area contributed by atoms with Crippen molar-refractivity contribution in [3.05, 3.63) is 55.3 Å². The number of ether oxygens (including phenoxy) is 1. The molecule has 0 amide bonds. The van der Waals surface area contributed by atoms with Crippen LogP contribution in [0.1, 0.15) is 37.4 Å². The number of para-hydroxylation sites is 1. The highest BCUT2D eigenvalue weighted by atomic mass is 16.5. The second kappa shape index (κ2) is 7.98. The molecule has 0 unspecified atom stereocenters. The highest BCUT2D eigenvalue weighted by Crippen LogP contribution is 2.39. The van der Waals surface area contributed by atoms with Gasteiger partial charge in [0.1, 0.15) is 28.6 Å². The highest BCUT2D eigenvalue weighted by molar-refractivity contribution is 5.93. The molecule has 4 aromatic rings. The first kappa shape index (κ1) is 19.5. The largest absolute Gasteiger partial charge is 0.495 e. The normalized spacial score (nSPS) is 19.0. The van der Waals surface area contributed by atoms with E-state index in [2.05, 4.69) is 38.4 Å². The first-order valence-electron chi connectivity index (χ1n) is 10.8. The number of fused-ring (bicyclic) bond motifs is 2. The Hall–Kier alpha value is -3.48. The molecule has 1 fully saturated rings. The molecule has 1 aliphatic rings. The lowest BCUT2D eigenvalue weighted by Crippen LogP contribution is -2.23. The molecule has 0 saturated heterocycles. The monoisotopic (exact) mass is 416 g/mol. The van der Waals surface area contributed by atoms with Crippen molar-refractivity contribution in [3.63, 3.8) is 0 Å². The van der Waals surface area contributed by atoms with Gasteiger partial charge in [0.15, 0.2) is 0 Å². The molecule has 5 rings (SSSR count). The Morgan fingerprint density at radius 3 is 2.94 bits per heavy atom. The van der Waals surface area contributed by atoms with Crippen LogP contribution in [0.15, 0.2) is 49.4 Å². The van der Waals surface area contributed by atoms with Crippen LogP contribution in [0.3, 0.4) is 0 Å². The van der Waals surface area contributed by atoms with Crippen molar-refractivity contribution in [1.82, 2.24) is 24.7 Å². The lowest BCUT2D eigenvalue weighted by atomic mass is 9.81. The van der Waals surface area contributed by atoms with E-state index in [1.807, 2.05) is 18.3 Å². The Morgan fingerprint density at radius 1 is 1.32 bits per heavy atom. The Morgan fingerprint density at radius 2 is 2.16 bits per heavy atom. The lowest BCUT2D eigenvalue weighted by molar-refractivity contribution is 0.316. The zero-order chi connectivity index (χ0) is 21.4. The van der Waals surface area contributed by atoms with Crippen LogP contribution in [0.5, 0.6) is 5.75 Å². The molecule has 0 spiro atoms. The molecule has 1 saturated carbocycles. The molecule has 7 heteroatoms. The van der Waals surface area contributed by atoms with Gasteiger partial charge in [-0.15, -0.1) is 0 Å². The van der Waals surface area contributed by atoms with Gasteiger partial charge >= 0.3 is 0 Å². The van der Waals surface area contributed by atoms with Crippen molar-refractivity contribution in [3.8, 4) is 17.1 Å².